The quantitative estimate of drug-likeness (QED) is 0.689. The highest BCUT2D eigenvalue weighted by atomic mass is 16.2. The van der Waals surface area contributed by atoms with Gasteiger partial charge in [0.05, 0.1) is 12.1 Å². The van der Waals surface area contributed by atoms with E-state index in [9.17, 15) is 4.79 Å². The van der Waals surface area contributed by atoms with E-state index in [0.29, 0.717) is 12.6 Å². The van der Waals surface area contributed by atoms with Crippen LogP contribution in [0.5, 0.6) is 0 Å². The summed E-state index contributed by atoms with van der Waals surface area (Å²) in [5.74, 6) is 1.94. The number of aromatic nitrogens is 2. The molecule has 0 bridgehead atoms. The molecule has 1 saturated heterocycles. The molecule has 1 aliphatic rings. The lowest BCUT2D eigenvalue weighted by atomic mass is 10.0. The van der Waals surface area contributed by atoms with Crippen LogP contribution in [-0.2, 0) is 11.3 Å². The first-order valence-electron chi connectivity index (χ1n) is 10.5. The lowest BCUT2D eigenvalue weighted by molar-refractivity contribution is -0.130. The van der Waals surface area contributed by atoms with E-state index < -0.39 is 0 Å². The van der Waals surface area contributed by atoms with Gasteiger partial charge in [0.25, 0.3) is 0 Å². The van der Waals surface area contributed by atoms with Crippen LogP contribution in [0.15, 0.2) is 24.3 Å². The van der Waals surface area contributed by atoms with E-state index in [4.69, 9.17) is 9.97 Å². The summed E-state index contributed by atoms with van der Waals surface area (Å²) >= 11 is 0. The third-order valence-corrected chi connectivity index (χ3v) is 5.65. The van der Waals surface area contributed by atoms with Gasteiger partial charge in [-0.05, 0) is 59.1 Å². The number of carbonyl (C=O) groups excluding carboxylic acids is 1. The van der Waals surface area contributed by atoms with Crippen molar-refractivity contribution in [3.05, 3.63) is 30.1 Å². The Bertz CT molecular complexity index is 816. The number of amides is 1. The van der Waals surface area contributed by atoms with Crippen LogP contribution in [0, 0.1) is 0 Å². The largest absolute Gasteiger partial charge is 0.369 e. The fraction of sp³-hybridized carbons (Fsp3) is 0.591. The molecule has 1 fully saturated rings. The zero-order valence-corrected chi connectivity index (χ0v) is 18.2. The first-order chi connectivity index (χ1) is 13.9. The fourth-order valence-electron chi connectivity index (χ4n) is 3.91. The Morgan fingerprint density at radius 3 is 2.59 bits per heavy atom. The van der Waals surface area contributed by atoms with Crippen LogP contribution >= 0.6 is 0 Å². The summed E-state index contributed by atoms with van der Waals surface area (Å²) in [7, 11) is 6.32. The number of nitrogens with zero attached hydrogens (tertiary/aromatic N) is 5. The lowest BCUT2D eigenvalue weighted by Crippen LogP contribution is -2.44. The summed E-state index contributed by atoms with van der Waals surface area (Å²) in [4.78, 5) is 27.7. The van der Waals surface area contributed by atoms with Crippen molar-refractivity contribution in [2.45, 2.75) is 38.8 Å². The summed E-state index contributed by atoms with van der Waals surface area (Å²) in [6.45, 7) is 5.97. The van der Waals surface area contributed by atoms with Crippen molar-refractivity contribution in [3.63, 3.8) is 0 Å². The van der Waals surface area contributed by atoms with Crippen molar-refractivity contribution in [1.82, 2.24) is 24.7 Å². The van der Waals surface area contributed by atoms with Crippen LogP contribution in [-0.4, -0.2) is 83.9 Å². The van der Waals surface area contributed by atoms with Crippen molar-refractivity contribution in [2.75, 3.05) is 52.6 Å². The van der Waals surface area contributed by atoms with Crippen LogP contribution in [0.4, 0.5) is 5.82 Å². The predicted octanol–water partition coefficient (Wildman–Crippen LogP) is 2.44. The van der Waals surface area contributed by atoms with E-state index in [1.165, 1.54) is 0 Å². The van der Waals surface area contributed by atoms with E-state index in [0.717, 1.165) is 68.0 Å². The Morgan fingerprint density at radius 1 is 1.17 bits per heavy atom. The second kappa shape index (κ2) is 9.98. The maximum atomic E-state index is 11.6. The number of carbonyl (C=O) groups is 1. The minimum absolute atomic E-state index is 0.175. The van der Waals surface area contributed by atoms with Gasteiger partial charge >= 0.3 is 0 Å². The van der Waals surface area contributed by atoms with E-state index in [1.54, 1.807) is 6.92 Å². The minimum Gasteiger partial charge on any atom is -0.369 e. The predicted molar refractivity (Wildman–Crippen MR) is 118 cm³/mol. The third-order valence-electron chi connectivity index (χ3n) is 5.65. The van der Waals surface area contributed by atoms with E-state index in [-0.39, 0.29) is 5.91 Å². The summed E-state index contributed by atoms with van der Waals surface area (Å²) in [5, 5.41) is 4.58. The van der Waals surface area contributed by atoms with Gasteiger partial charge in [-0.1, -0.05) is 12.1 Å². The summed E-state index contributed by atoms with van der Waals surface area (Å²) in [6.07, 6.45) is 3.06. The number of hydrogen-bond acceptors (Lipinski definition) is 6. The van der Waals surface area contributed by atoms with Crippen molar-refractivity contribution in [3.8, 4) is 0 Å². The number of rotatable bonds is 8. The standard InChI is InChI=1S/C22H34N6O/c1-17(29)28-14-10-18(11-15-28)27(4)16-21-24-20-9-6-5-8-19(20)22(25-21)23-12-7-13-26(2)3/h5-6,8-9,18H,7,10-16H2,1-4H3,(H,23,24,25). The van der Waals surface area contributed by atoms with Gasteiger partial charge in [0.15, 0.2) is 0 Å². The van der Waals surface area contributed by atoms with Gasteiger partial charge in [-0.25, -0.2) is 9.97 Å². The van der Waals surface area contributed by atoms with Crippen LogP contribution in [0.1, 0.15) is 32.0 Å². The van der Waals surface area contributed by atoms with Gasteiger partial charge in [0.2, 0.25) is 5.91 Å². The SMILES string of the molecule is CC(=O)N1CCC(N(C)Cc2nc(NCCCN(C)C)c3ccccc3n2)CC1. The molecule has 1 aromatic carbocycles. The molecule has 1 N–H and O–H groups in total. The number of anilines is 1. The second-order valence-electron chi connectivity index (χ2n) is 8.24. The number of fused-ring (bicyclic) bond motifs is 1. The molecular weight excluding hydrogens is 364 g/mol. The Morgan fingerprint density at radius 2 is 1.90 bits per heavy atom. The van der Waals surface area contributed by atoms with E-state index >= 15 is 0 Å². The van der Waals surface area contributed by atoms with Crippen molar-refractivity contribution in [2.24, 2.45) is 0 Å². The van der Waals surface area contributed by atoms with E-state index in [2.05, 4.69) is 48.4 Å². The molecule has 7 heteroatoms. The zero-order valence-electron chi connectivity index (χ0n) is 18.2. The molecule has 0 unspecified atom stereocenters. The van der Waals surface area contributed by atoms with Gasteiger partial charge in [-0.2, -0.15) is 0 Å². The molecule has 1 aliphatic heterocycles. The average Bonchev–Trinajstić information content (AvgIpc) is 2.71. The van der Waals surface area contributed by atoms with Crippen LogP contribution < -0.4 is 5.32 Å². The second-order valence-corrected chi connectivity index (χ2v) is 8.24. The normalized spacial score (nSPS) is 15.4. The summed E-state index contributed by atoms with van der Waals surface area (Å²) < 4.78 is 0. The Balaban J connectivity index is 1.68. The molecule has 158 valence electrons. The molecule has 7 nitrogen and oxygen atoms in total. The summed E-state index contributed by atoms with van der Waals surface area (Å²) in [6, 6.07) is 8.64. The number of nitrogens with one attached hydrogen (secondary N) is 1. The first-order valence-corrected chi connectivity index (χ1v) is 10.5. The van der Waals surface area contributed by atoms with Gasteiger partial charge in [0.1, 0.15) is 11.6 Å². The number of para-hydroxylation sites is 1. The molecule has 0 spiro atoms. The van der Waals surface area contributed by atoms with Crippen molar-refractivity contribution >= 4 is 22.6 Å². The lowest BCUT2D eigenvalue weighted by Gasteiger charge is -2.36. The van der Waals surface area contributed by atoms with Crippen molar-refractivity contribution < 1.29 is 4.79 Å². The number of hydrogen-bond donors (Lipinski definition) is 1. The average molecular weight is 399 g/mol. The minimum atomic E-state index is 0.175. The summed E-state index contributed by atoms with van der Waals surface area (Å²) in [5.41, 5.74) is 0.979. The fourth-order valence-corrected chi connectivity index (χ4v) is 3.91. The molecule has 0 saturated carbocycles. The molecule has 0 radical (unpaired) electrons. The molecule has 0 atom stereocenters. The molecule has 1 aromatic heterocycles. The maximum Gasteiger partial charge on any atom is 0.219 e. The topological polar surface area (TPSA) is 64.6 Å². The highest BCUT2D eigenvalue weighted by Crippen LogP contribution is 2.22. The number of benzene rings is 1. The van der Waals surface area contributed by atoms with Gasteiger partial charge in [-0.15, -0.1) is 0 Å². The van der Waals surface area contributed by atoms with Crippen LogP contribution in [0.3, 0.4) is 0 Å². The molecule has 0 aliphatic carbocycles. The Hall–Kier alpha value is -2.25. The van der Waals surface area contributed by atoms with Crippen LogP contribution in [0.25, 0.3) is 10.9 Å². The molecular formula is C22H34N6O. The highest BCUT2D eigenvalue weighted by molar-refractivity contribution is 5.88. The van der Waals surface area contributed by atoms with Crippen LogP contribution in [0.2, 0.25) is 0 Å². The Labute approximate surface area is 174 Å². The maximum absolute atomic E-state index is 11.6. The first kappa shape index (κ1) is 21.5. The van der Waals surface area contributed by atoms with Crippen molar-refractivity contribution in [1.29, 1.82) is 0 Å². The molecule has 3 rings (SSSR count). The molecule has 2 heterocycles. The number of piperidine rings is 1. The zero-order chi connectivity index (χ0) is 20.8. The van der Waals surface area contributed by atoms with Gasteiger partial charge < -0.3 is 15.1 Å². The molecule has 29 heavy (non-hydrogen) atoms. The smallest absolute Gasteiger partial charge is 0.219 e. The van der Waals surface area contributed by atoms with Gasteiger partial charge in [0, 0.05) is 38.0 Å². The highest BCUT2D eigenvalue weighted by Gasteiger charge is 2.24. The molecule has 1 amide bonds. The monoisotopic (exact) mass is 398 g/mol. The van der Waals surface area contributed by atoms with Gasteiger partial charge in [-0.3, -0.25) is 9.69 Å². The van der Waals surface area contributed by atoms with E-state index in [1.807, 2.05) is 17.0 Å². The third kappa shape index (κ3) is 5.87. The number of likely N-dealkylation sites (tertiary alicyclic amines) is 1. The Kier molecular flexibility index (Phi) is 7.39. The molecule has 2 aromatic rings.